The van der Waals surface area contributed by atoms with Gasteiger partial charge in [0.1, 0.15) is 0 Å². The highest BCUT2D eigenvalue weighted by Gasteiger charge is 2.37. The highest BCUT2D eigenvalue weighted by atomic mass is 28.4. The summed E-state index contributed by atoms with van der Waals surface area (Å²) < 4.78 is 6.29. The van der Waals surface area contributed by atoms with Crippen LogP contribution in [0, 0.1) is 0 Å². The Morgan fingerprint density at radius 3 is 1.58 bits per heavy atom. The van der Waals surface area contributed by atoms with Crippen molar-refractivity contribution in [3.8, 4) is 0 Å². The monoisotopic (exact) mass is 391 g/mol. The van der Waals surface area contributed by atoms with E-state index in [4.69, 9.17) is 4.43 Å². The molecule has 0 saturated heterocycles. The predicted octanol–water partition coefficient (Wildman–Crippen LogP) is 3.39. The van der Waals surface area contributed by atoms with Crippen molar-refractivity contribution < 1.29 is 19.7 Å². The second-order valence-corrected chi connectivity index (χ2v) is 13.9. The smallest absolute Gasteiger partial charge is 0.191 e. The average molecular weight is 392 g/mol. The lowest BCUT2D eigenvalue weighted by atomic mass is 9.82. The summed E-state index contributed by atoms with van der Waals surface area (Å²) in [5.41, 5.74) is -0.0643. The van der Waals surface area contributed by atoms with Crippen LogP contribution in [0.25, 0.3) is 0 Å². The van der Waals surface area contributed by atoms with Gasteiger partial charge in [-0.2, -0.15) is 0 Å². The van der Waals surface area contributed by atoms with Crippen molar-refractivity contribution in [2.24, 2.45) is 0 Å². The van der Waals surface area contributed by atoms with Crippen LogP contribution >= 0.6 is 0 Å². The van der Waals surface area contributed by atoms with Crippen molar-refractivity contribution in [1.82, 2.24) is 4.90 Å². The fourth-order valence-electron chi connectivity index (χ4n) is 3.25. The first-order valence-electron chi connectivity index (χ1n) is 10.2. The van der Waals surface area contributed by atoms with Crippen molar-refractivity contribution >= 4 is 8.32 Å². The molecule has 0 amide bonds. The van der Waals surface area contributed by atoms with Crippen LogP contribution in [0.1, 0.15) is 65.7 Å². The molecule has 0 aliphatic rings. The van der Waals surface area contributed by atoms with E-state index in [1.54, 1.807) is 0 Å². The van der Waals surface area contributed by atoms with Gasteiger partial charge in [-0.25, -0.2) is 0 Å². The normalized spacial score (nSPS) is 13.6. The van der Waals surface area contributed by atoms with Crippen molar-refractivity contribution in [3.63, 3.8) is 0 Å². The van der Waals surface area contributed by atoms with Crippen molar-refractivity contribution in [3.05, 3.63) is 0 Å². The quantitative estimate of drug-likeness (QED) is 0.295. The molecule has 0 aromatic carbocycles. The maximum Gasteiger partial charge on any atom is 0.191 e. The fourth-order valence-corrected chi connectivity index (χ4v) is 4.34. The van der Waals surface area contributed by atoms with E-state index in [2.05, 4.69) is 45.8 Å². The molecule has 0 fully saturated rings. The Morgan fingerprint density at radius 1 is 0.808 bits per heavy atom. The average Bonchev–Trinajstić information content (AvgIpc) is 2.57. The molecule has 5 nitrogen and oxygen atoms in total. The number of aliphatic hydroxyl groups excluding tert-OH is 3. The van der Waals surface area contributed by atoms with Gasteiger partial charge in [0.2, 0.25) is 0 Å². The molecule has 0 heterocycles. The molecule has 0 radical (unpaired) electrons. The summed E-state index contributed by atoms with van der Waals surface area (Å²) >= 11 is 0. The van der Waals surface area contributed by atoms with Crippen LogP contribution in [0.4, 0.5) is 0 Å². The molecule has 0 aromatic heterocycles. The third-order valence-corrected chi connectivity index (χ3v) is 10.7. The maximum atomic E-state index is 9.31. The Bertz CT molecular complexity index is 336. The van der Waals surface area contributed by atoms with Gasteiger partial charge in [0.15, 0.2) is 8.32 Å². The zero-order valence-electron chi connectivity index (χ0n) is 18.2. The number of aliphatic hydroxyl groups is 3. The van der Waals surface area contributed by atoms with Gasteiger partial charge in [0, 0.05) is 38.5 Å². The SMILES string of the molecule is CN(CCCO[Si](C)(C)C(C)(C)C)C(CCCO)(CCCO)CCCO. The van der Waals surface area contributed by atoms with Gasteiger partial charge >= 0.3 is 0 Å². The van der Waals surface area contributed by atoms with Crippen LogP contribution in [-0.4, -0.2) is 74.1 Å². The van der Waals surface area contributed by atoms with Crippen LogP contribution < -0.4 is 0 Å². The Kier molecular flexibility index (Phi) is 12.5. The summed E-state index contributed by atoms with van der Waals surface area (Å²) in [6.07, 6.45) is 5.91. The summed E-state index contributed by atoms with van der Waals surface area (Å²) in [5, 5.41) is 28.2. The van der Waals surface area contributed by atoms with E-state index in [0.29, 0.717) is 0 Å². The lowest BCUT2D eigenvalue weighted by Gasteiger charge is -2.43. The lowest BCUT2D eigenvalue weighted by molar-refractivity contribution is 0.0591. The van der Waals surface area contributed by atoms with E-state index >= 15 is 0 Å². The van der Waals surface area contributed by atoms with Gasteiger partial charge in [-0.05, 0) is 70.1 Å². The Labute approximate surface area is 162 Å². The molecule has 6 heteroatoms. The number of hydrogen-bond acceptors (Lipinski definition) is 5. The minimum absolute atomic E-state index is 0.0643. The molecule has 0 aromatic rings. The largest absolute Gasteiger partial charge is 0.417 e. The first kappa shape index (κ1) is 26.0. The molecular formula is C20H45NO4Si. The lowest BCUT2D eigenvalue weighted by Crippen LogP contribution is -2.48. The fraction of sp³-hybridized carbons (Fsp3) is 1.00. The molecule has 158 valence electrons. The summed E-state index contributed by atoms with van der Waals surface area (Å²) in [6, 6.07) is 0. The molecule has 0 aliphatic carbocycles. The highest BCUT2D eigenvalue weighted by Crippen LogP contribution is 2.36. The number of hydrogen-bond donors (Lipinski definition) is 3. The second kappa shape index (κ2) is 12.5. The Morgan fingerprint density at radius 2 is 1.23 bits per heavy atom. The Balaban J connectivity index is 4.80. The topological polar surface area (TPSA) is 73.2 Å². The summed E-state index contributed by atoms with van der Waals surface area (Å²) in [4.78, 5) is 2.38. The van der Waals surface area contributed by atoms with E-state index in [1.165, 1.54) is 0 Å². The molecule has 0 aliphatic heterocycles. The molecule has 0 bridgehead atoms. The minimum Gasteiger partial charge on any atom is -0.417 e. The molecule has 0 unspecified atom stereocenters. The van der Waals surface area contributed by atoms with Gasteiger partial charge in [-0.1, -0.05) is 20.8 Å². The van der Waals surface area contributed by atoms with E-state index < -0.39 is 8.32 Å². The van der Waals surface area contributed by atoms with Crippen LogP contribution in [0.2, 0.25) is 18.1 Å². The third kappa shape index (κ3) is 8.80. The summed E-state index contributed by atoms with van der Waals surface area (Å²) in [5.74, 6) is 0. The van der Waals surface area contributed by atoms with Gasteiger partial charge < -0.3 is 24.6 Å². The van der Waals surface area contributed by atoms with E-state index in [0.717, 1.165) is 58.1 Å². The zero-order valence-corrected chi connectivity index (χ0v) is 19.2. The zero-order chi connectivity index (χ0) is 20.3. The van der Waals surface area contributed by atoms with Crippen LogP contribution in [0.3, 0.4) is 0 Å². The molecular weight excluding hydrogens is 346 g/mol. The van der Waals surface area contributed by atoms with Gasteiger partial charge in [0.25, 0.3) is 0 Å². The first-order valence-corrected chi connectivity index (χ1v) is 13.1. The van der Waals surface area contributed by atoms with Gasteiger partial charge in [-0.3, -0.25) is 0 Å². The minimum atomic E-state index is -1.70. The highest BCUT2D eigenvalue weighted by molar-refractivity contribution is 6.74. The number of nitrogens with zero attached hydrogens (tertiary/aromatic N) is 1. The predicted molar refractivity (Wildman–Crippen MR) is 112 cm³/mol. The van der Waals surface area contributed by atoms with E-state index in [1.807, 2.05) is 0 Å². The standard InChI is InChI=1S/C20H45NO4Si/c1-19(2,3)26(5,6)25-18-10-14-21(4)20(11-7-15-22,12-8-16-23)13-9-17-24/h22-24H,7-18H2,1-6H3. The van der Waals surface area contributed by atoms with Crippen LogP contribution in [0.15, 0.2) is 0 Å². The second-order valence-electron chi connectivity index (χ2n) is 9.09. The van der Waals surface area contributed by atoms with Crippen molar-refractivity contribution in [1.29, 1.82) is 0 Å². The summed E-state index contributed by atoms with van der Waals surface area (Å²) in [6.45, 7) is 13.6. The molecule has 26 heavy (non-hydrogen) atoms. The van der Waals surface area contributed by atoms with Crippen molar-refractivity contribution in [2.75, 3.05) is 40.0 Å². The summed E-state index contributed by atoms with van der Waals surface area (Å²) in [7, 11) is 0.434. The molecule has 0 saturated carbocycles. The van der Waals surface area contributed by atoms with E-state index in [9.17, 15) is 15.3 Å². The van der Waals surface area contributed by atoms with Crippen LogP contribution in [-0.2, 0) is 4.43 Å². The molecule has 0 spiro atoms. The van der Waals surface area contributed by atoms with Gasteiger partial charge in [-0.15, -0.1) is 0 Å². The van der Waals surface area contributed by atoms with Crippen molar-refractivity contribution in [2.45, 2.75) is 89.4 Å². The number of rotatable bonds is 15. The van der Waals surface area contributed by atoms with Gasteiger partial charge in [0.05, 0.1) is 0 Å². The molecule has 3 N–H and O–H groups in total. The molecule has 0 atom stereocenters. The van der Waals surface area contributed by atoms with Crippen LogP contribution in [0.5, 0.6) is 0 Å². The maximum absolute atomic E-state index is 9.31. The third-order valence-electron chi connectivity index (χ3n) is 6.12. The molecule has 0 rings (SSSR count). The first-order chi connectivity index (χ1) is 12.1. The Hall–Kier alpha value is 0.0169. The van der Waals surface area contributed by atoms with E-state index in [-0.39, 0.29) is 30.4 Å².